The lowest BCUT2D eigenvalue weighted by molar-refractivity contribution is -0.145. The van der Waals surface area contributed by atoms with Gasteiger partial charge in [0.05, 0.1) is 6.61 Å². The van der Waals surface area contributed by atoms with E-state index in [4.69, 9.17) is 9.47 Å². The molecule has 2 heterocycles. The number of piperidine rings is 1. The zero-order valence-electron chi connectivity index (χ0n) is 12.4. The quantitative estimate of drug-likeness (QED) is 0.864. The Kier molecular flexibility index (Phi) is 3.15. The van der Waals surface area contributed by atoms with Crippen molar-refractivity contribution in [2.75, 3.05) is 6.61 Å². The molecule has 2 aliphatic rings. The van der Waals surface area contributed by atoms with Crippen molar-refractivity contribution in [3.05, 3.63) is 23.8 Å². The van der Waals surface area contributed by atoms with Crippen molar-refractivity contribution in [3.8, 4) is 11.5 Å². The van der Waals surface area contributed by atoms with Crippen molar-refractivity contribution in [3.63, 3.8) is 0 Å². The minimum atomic E-state index is -0.784. The maximum absolute atomic E-state index is 12.2. The predicted molar refractivity (Wildman–Crippen MR) is 76.3 cm³/mol. The second-order valence-corrected chi connectivity index (χ2v) is 5.83. The van der Waals surface area contributed by atoms with Crippen LogP contribution in [0.4, 0.5) is 0 Å². The zero-order chi connectivity index (χ0) is 15.2. The molecule has 21 heavy (non-hydrogen) atoms. The first kappa shape index (κ1) is 13.9. The summed E-state index contributed by atoms with van der Waals surface area (Å²) >= 11 is 0. The van der Waals surface area contributed by atoms with Gasteiger partial charge in [-0.25, -0.2) is 0 Å². The van der Waals surface area contributed by atoms with E-state index in [1.165, 1.54) is 6.92 Å². The molecule has 1 N–H and O–H groups in total. The summed E-state index contributed by atoms with van der Waals surface area (Å²) in [5.41, 5.74) is 0.0990. The van der Waals surface area contributed by atoms with Crippen LogP contribution in [0.5, 0.6) is 11.5 Å². The maximum atomic E-state index is 12.2. The standard InChI is InChI=1S/C16H19NO4/c1-4-20-12-7-5-6-10-11-8-16(3,21-14(10)12)17-15(19)13(11)9(2)18/h5-7,11,13H,4,8H2,1-3H3,(H,17,19)/t11-,13+,16-/m1/s1. The van der Waals surface area contributed by atoms with Crippen LogP contribution in [-0.2, 0) is 9.59 Å². The summed E-state index contributed by atoms with van der Waals surface area (Å²) in [4.78, 5) is 24.1. The highest BCUT2D eigenvalue weighted by Gasteiger charge is 2.51. The average Bonchev–Trinajstić information content (AvgIpc) is 2.38. The number of ketones is 1. The number of hydrogen-bond acceptors (Lipinski definition) is 4. The molecular formula is C16H19NO4. The fourth-order valence-corrected chi connectivity index (χ4v) is 3.36. The molecule has 1 saturated heterocycles. The molecule has 1 aromatic rings. The number of para-hydroxylation sites is 1. The largest absolute Gasteiger partial charge is 0.490 e. The van der Waals surface area contributed by atoms with Gasteiger partial charge in [-0.1, -0.05) is 12.1 Å². The van der Waals surface area contributed by atoms with E-state index < -0.39 is 11.6 Å². The van der Waals surface area contributed by atoms with E-state index in [2.05, 4.69) is 5.32 Å². The molecule has 0 aromatic heterocycles. The van der Waals surface area contributed by atoms with Gasteiger partial charge in [0.25, 0.3) is 0 Å². The lowest BCUT2D eigenvalue weighted by Gasteiger charge is -2.46. The maximum Gasteiger partial charge on any atom is 0.234 e. The number of carbonyl (C=O) groups is 2. The second kappa shape index (κ2) is 4.76. The fraction of sp³-hybridized carbons (Fsp3) is 0.500. The molecule has 3 atom stereocenters. The Hall–Kier alpha value is -2.04. The zero-order valence-corrected chi connectivity index (χ0v) is 12.4. The molecule has 5 heteroatoms. The second-order valence-electron chi connectivity index (χ2n) is 5.83. The summed E-state index contributed by atoms with van der Waals surface area (Å²) in [6.07, 6.45) is 0.589. The number of amides is 1. The molecule has 0 saturated carbocycles. The SMILES string of the molecule is CCOc1cccc2c1O[C@]1(C)C[C@H]2[C@H](C(C)=O)C(=O)N1. The van der Waals surface area contributed by atoms with Gasteiger partial charge in [0.15, 0.2) is 17.2 Å². The number of rotatable bonds is 3. The third-order valence-corrected chi connectivity index (χ3v) is 4.16. The Bertz CT molecular complexity index is 612. The highest BCUT2D eigenvalue weighted by atomic mass is 16.5. The first-order valence-electron chi connectivity index (χ1n) is 7.22. The van der Waals surface area contributed by atoms with Gasteiger partial charge in [0, 0.05) is 17.9 Å². The first-order chi connectivity index (χ1) is 9.95. The molecule has 0 spiro atoms. The van der Waals surface area contributed by atoms with Crippen LogP contribution in [0.25, 0.3) is 0 Å². The average molecular weight is 289 g/mol. The summed E-state index contributed by atoms with van der Waals surface area (Å²) in [5, 5.41) is 2.83. The van der Waals surface area contributed by atoms with Gasteiger partial charge >= 0.3 is 0 Å². The minimum Gasteiger partial charge on any atom is -0.490 e. The monoisotopic (exact) mass is 289 g/mol. The Balaban J connectivity index is 2.13. The van der Waals surface area contributed by atoms with Gasteiger partial charge in [-0.2, -0.15) is 0 Å². The fourth-order valence-electron chi connectivity index (χ4n) is 3.36. The van der Waals surface area contributed by atoms with Gasteiger partial charge in [0.2, 0.25) is 5.91 Å². The van der Waals surface area contributed by atoms with Crippen LogP contribution in [0.2, 0.25) is 0 Å². The Labute approximate surface area is 123 Å². The summed E-state index contributed by atoms with van der Waals surface area (Å²) in [6.45, 7) is 5.74. The van der Waals surface area contributed by atoms with Crippen molar-refractivity contribution < 1.29 is 19.1 Å². The highest BCUT2D eigenvalue weighted by Crippen LogP contribution is 2.50. The molecule has 5 nitrogen and oxygen atoms in total. The highest BCUT2D eigenvalue weighted by molar-refractivity contribution is 6.02. The molecule has 0 radical (unpaired) electrons. The van der Waals surface area contributed by atoms with Crippen LogP contribution in [0, 0.1) is 5.92 Å². The van der Waals surface area contributed by atoms with E-state index in [-0.39, 0.29) is 17.6 Å². The van der Waals surface area contributed by atoms with Gasteiger partial charge < -0.3 is 14.8 Å². The number of hydrogen-bond donors (Lipinski definition) is 1. The minimum absolute atomic E-state index is 0.116. The van der Waals surface area contributed by atoms with Crippen LogP contribution in [-0.4, -0.2) is 24.0 Å². The van der Waals surface area contributed by atoms with Gasteiger partial charge in [0.1, 0.15) is 11.7 Å². The van der Waals surface area contributed by atoms with E-state index in [1.54, 1.807) is 0 Å². The number of ether oxygens (including phenoxy) is 2. The molecule has 112 valence electrons. The molecule has 1 amide bonds. The van der Waals surface area contributed by atoms with Gasteiger partial charge in [-0.3, -0.25) is 9.59 Å². The van der Waals surface area contributed by atoms with Crippen LogP contribution in [0.3, 0.4) is 0 Å². The summed E-state index contributed by atoms with van der Waals surface area (Å²) in [6, 6.07) is 5.63. The van der Waals surface area contributed by atoms with Gasteiger partial charge in [-0.05, 0) is 26.8 Å². The van der Waals surface area contributed by atoms with Crippen molar-refractivity contribution >= 4 is 11.7 Å². The van der Waals surface area contributed by atoms with Crippen LogP contribution in [0.1, 0.15) is 38.7 Å². The molecular weight excluding hydrogens is 270 g/mol. The lowest BCUT2D eigenvalue weighted by Crippen LogP contribution is -2.61. The lowest BCUT2D eigenvalue weighted by atomic mass is 9.73. The number of carbonyl (C=O) groups excluding carboxylic acids is 2. The number of Topliss-reactive ketones (excluding diaryl/α,β-unsaturated/α-hetero) is 1. The molecule has 1 aromatic carbocycles. The number of nitrogens with one attached hydrogen (secondary N) is 1. The predicted octanol–water partition coefficient (Wildman–Crippen LogP) is 2.00. The van der Waals surface area contributed by atoms with Gasteiger partial charge in [-0.15, -0.1) is 0 Å². The molecule has 3 rings (SSSR count). The van der Waals surface area contributed by atoms with E-state index in [0.29, 0.717) is 24.5 Å². The Morgan fingerprint density at radius 3 is 2.95 bits per heavy atom. The van der Waals surface area contributed by atoms with E-state index in [0.717, 1.165) is 5.56 Å². The van der Waals surface area contributed by atoms with Crippen LogP contribution in [0.15, 0.2) is 18.2 Å². The molecule has 0 aliphatic carbocycles. The molecule has 0 unspecified atom stereocenters. The van der Waals surface area contributed by atoms with Crippen LogP contribution >= 0.6 is 0 Å². The topological polar surface area (TPSA) is 64.6 Å². The summed E-state index contributed by atoms with van der Waals surface area (Å²) in [7, 11) is 0. The Morgan fingerprint density at radius 2 is 2.29 bits per heavy atom. The number of fused-ring (bicyclic) bond motifs is 4. The van der Waals surface area contributed by atoms with Crippen molar-refractivity contribution in [1.82, 2.24) is 5.32 Å². The van der Waals surface area contributed by atoms with Crippen molar-refractivity contribution in [2.24, 2.45) is 5.92 Å². The van der Waals surface area contributed by atoms with Crippen LogP contribution < -0.4 is 14.8 Å². The molecule has 2 aliphatic heterocycles. The normalized spacial score (nSPS) is 30.0. The summed E-state index contributed by atoms with van der Waals surface area (Å²) < 4.78 is 11.6. The third-order valence-electron chi connectivity index (χ3n) is 4.16. The smallest absolute Gasteiger partial charge is 0.234 e. The van der Waals surface area contributed by atoms with Crippen molar-refractivity contribution in [2.45, 2.75) is 38.8 Å². The van der Waals surface area contributed by atoms with E-state index >= 15 is 0 Å². The third kappa shape index (κ3) is 2.17. The molecule has 2 bridgehead atoms. The van der Waals surface area contributed by atoms with E-state index in [1.807, 2.05) is 32.0 Å². The Morgan fingerprint density at radius 1 is 1.52 bits per heavy atom. The first-order valence-corrected chi connectivity index (χ1v) is 7.22. The summed E-state index contributed by atoms with van der Waals surface area (Å²) in [5.74, 6) is 0.111. The van der Waals surface area contributed by atoms with E-state index in [9.17, 15) is 9.59 Å². The molecule has 1 fully saturated rings. The van der Waals surface area contributed by atoms with Crippen molar-refractivity contribution in [1.29, 1.82) is 0 Å². The number of benzene rings is 1.